The van der Waals surface area contributed by atoms with E-state index in [0.717, 1.165) is 31.0 Å². The molecule has 1 N–H and O–H groups in total. The van der Waals surface area contributed by atoms with Gasteiger partial charge in [-0.25, -0.2) is 0 Å². The van der Waals surface area contributed by atoms with Gasteiger partial charge >= 0.3 is 0 Å². The van der Waals surface area contributed by atoms with Gasteiger partial charge < -0.3 is 5.32 Å². The molecular formula is C9H19NOS. The summed E-state index contributed by atoms with van der Waals surface area (Å²) in [6.45, 7) is 6.52. The third-order valence-electron chi connectivity index (χ3n) is 2.21. The van der Waals surface area contributed by atoms with Gasteiger partial charge in [-0.1, -0.05) is 13.8 Å². The maximum Gasteiger partial charge on any atom is 0.0287 e. The maximum atomic E-state index is 11.4. The van der Waals surface area contributed by atoms with Crippen LogP contribution < -0.4 is 5.32 Å². The molecule has 0 aromatic carbocycles. The Kier molecular flexibility index (Phi) is 4.22. The van der Waals surface area contributed by atoms with E-state index in [0.29, 0.717) is 11.8 Å². The Hall–Kier alpha value is 0.110. The molecule has 1 aliphatic heterocycles. The lowest BCUT2D eigenvalue weighted by molar-refractivity contribution is 0.382. The van der Waals surface area contributed by atoms with Crippen LogP contribution in [0.1, 0.15) is 20.3 Å². The summed E-state index contributed by atoms with van der Waals surface area (Å²) in [7, 11) is -0.559. The molecule has 2 nitrogen and oxygen atoms in total. The Labute approximate surface area is 77.6 Å². The molecule has 0 aromatic rings. The van der Waals surface area contributed by atoms with Gasteiger partial charge in [-0.05, 0) is 18.3 Å². The fourth-order valence-corrected chi connectivity index (χ4v) is 2.84. The monoisotopic (exact) mass is 189 g/mol. The first kappa shape index (κ1) is 10.2. The van der Waals surface area contributed by atoms with Crippen molar-refractivity contribution in [1.82, 2.24) is 5.32 Å². The third kappa shape index (κ3) is 3.68. The lowest BCUT2D eigenvalue weighted by atomic mass is 10.1. The lowest BCUT2D eigenvalue weighted by Crippen LogP contribution is -2.45. The van der Waals surface area contributed by atoms with Gasteiger partial charge in [-0.3, -0.25) is 4.21 Å². The molecule has 1 aliphatic rings. The second-order valence-corrected chi connectivity index (χ2v) is 5.64. The SMILES string of the molecule is CC(C)CCS(=O)CC1CNC1. The molecule has 0 radical (unpaired) electrons. The molecule has 1 atom stereocenters. The molecule has 0 aromatic heterocycles. The van der Waals surface area contributed by atoms with E-state index in [1.165, 1.54) is 0 Å². The summed E-state index contributed by atoms with van der Waals surface area (Å²) in [6, 6.07) is 0. The van der Waals surface area contributed by atoms with Gasteiger partial charge in [0.15, 0.2) is 0 Å². The number of hydrogen-bond donors (Lipinski definition) is 1. The number of hydrogen-bond acceptors (Lipinski definition) is 2. The summed E-state index contributed by atoms with van der Waals surface area (Å²) in [5.41, 5.74) is 0. The predicted octanol–water partition coefficient (Wildman–Crippen LogP) is 1.00. The van der Waals surface area contributed by atoms with Gasteiger partial charge in [0.1, 0.15) is 0 Å². The fraction of sp³-hybridized carbons (Fsp3) is 1.00. The molecule has 0 bridgehead atoms. The first-order chi connectivity index (χ1) is 5.68. The number of nitrogens with one attached hydrogen (secondary N) is 1. The van der Waals surface area contributed by atoms with Crippen LogP contribution in [0.15, 0.2) is 0 Å². The molecule has 1 unspecified atom stereocenters. The molecule has 0 spiro atoms. The lowest BCUT2D eigenvalue weighted by Gasteiger charge is -2.26. The Morgan fingerprint density at radius 2 is 2.17 bits per heavy atom. The highest BCUT2D eigenvalue weighted by Crippen LogP contribution is 2.07. The van der Waals surface area contributed by atoms with Crippen LogP contribution in [0.4, 0.5) is 0 Å². The summed E-state index contributed by atoms with van der Waals surface area (Å²) < 4.78 is 11.4. The maximum absolute atomic E-state index is 11.4. The van der Waals surface area contributed by atoms with E-state index in [1.54, 1.807) is 0 Å². The molecule has 0 amide bonds. The van der Waals surface area contributed by atoms with Crippen LogP contribution >= 0.6 is 0 Å². The minimum atomic E-state index is -0.559. The van der Waals surface area contributed by atoms with Crippen molar-refractivity contribution in [3.8, 4) is 0 Å². The van der Waals surface area contributed by atoms with Crippen LogP contribution in [-0.4, -0.2) is 28.8 Å². The standard InChI is InChI=1S/C9H19NOS/c1-8(2)3-4-12(11)7-9-5-10-6-9/h8-10H,3-7H2,1-2H3. The van der Waals surface area contributed by atoms with Gasteiger partial charge in [0.05, 0.1) is 0 Å². The van der Waals surface area contributed by atoms with Crippen molar-refractivity contribution in [1.29, 1.82) is 0 Å². The summed E-state index contributed by atoms with van der Waals surface area (Å²) in [5.74, 6) is 3.19. The Morgan fingerprint density at radius 3 is 2.58 bits per heavy atom. The normalized spacial score (nSPS) is 20.9. The first-order valence-corrected chi connectivity index (χ1v) is 6.23. The van der Waals surface area contributed by atoms with Crippen molar-refractivity contribution in [3.63, 3.8) is 0 Å². The third-order valence-corrected chi connectivity index (χ3v) is 3.74. The molecule has 72 valence electrons. The zero-order valence-electron chi connectivity index (χ0n) is 8.01. The van der Waals surface area contributed by atoms with Gasteiger partial charge in [-0.2, -0.15) is 0 Å². The second-order valence-electron chi connectivity index (χ2n) is 4.02. The van der Waals surface area contributed by atoms with E-state index in [2.05, 4.69) is 19.2 Å². The van der Waals surface area contributed by atoms with Gasteiger partial charge in [0, 0.05) is 35.4 Å². The van der Waals surface area contributed by atoms with Crippen molar-refractivity contribution >= 4 is 10.8 Å². The average molecular weight is 189 g/mol. The zero-order chi connectivity index (χ0) is 8.97. The van der Waals surface area contributed by atoms with Crippen molar-refractivity contribution in [2.75, 3.05) is 24.6 Å². The number of rotatable bonds is 5. The Balaban J connectivity index is 2.03. The predicted molar refractivity (Wildman–Crippen MR) is 53.7 cm³/mol. The van der Waals surface area contributed by atoms with Crippen LogP contribution in [0.2, 0.25) is 0 Å². The van der Waals surface area contributed by atoms with Crippen LogP contribution in [0.5, 0.6) is 0 Å². The van der Waals surface area contributed by atoms with Gasteiger partial charge in [-0.15, -0.1) is 0 Å². The van der Waals surface area contributed by atoms with E-state index in [4.69, 9.17) is 0 Å². The molecule has 0 saturated carbocycles. The highest BCUT2D eigenvalue weighted by atomic mass is 32.2. The van der Waals surface area contributed by atoms with Gasteiger partial charge in [0.2, 0.25) is 0 Å². The molecule has 1 saturated heterocycles. The largest absolute Gasteiger partial charge is 0.316 e. The summed E-state index contributed by atoms with van der Waals surface area (Å²) in [4.78, 5) is 0. The smallest absolute Gasteiger partial charge is 0.0287 e. The molecule has 1 heterocycles. The van der Waals surface area contributed by atoms with Crippen molar-refractivity contribution in [3.05, 3.63) is 0 Å². The van der Waals surface area contributed by atoms with E-state index in [-0.39, 0.29) is 0 Å². The second kappa shape index (κ2) is 4.97. The van der Waals surface area contributed by atoms with Crippen LogP contribution in [0, 0.1) is 11.8 Å². The molecule has 3 heteroatoms. The van der Waals surface area contributed by atoms with Crippen LogP contribution in [0.25, 0.3) is 0 Å². The summed E-state index contributed by atoms with van der Waals surface area (Å²) >= 11 is 0. The Morgan fingerprint density at radius 1 is 1.50 bits per heavy atom. The molecule has 12 heavy (non-hydrogen) atoms. The summed E-state index contributed by atoms with van der Waals surface area (Å²) in [6.07, 6.45) is 1.10. The van der Waals surface area contributed by atoms with E-state index in [1.807, 2.05) is 0 Å². The summed E-state index contributed by atoms with van der Waals surface area (Å²) in [5, 5.41) is 3.20. The van der Waals surface area contributed by atoms with Crippen molar-refractivity contribution in [2.24, 2.45) is 11.8 Å². The molecular weight excluding hydrogens is 170 g/mol. The molecule has 1 fully saturated rings. The van der Waals surface area contributed by atoms with E-state index < -0.39 is 10.8 Å². The zero-order valence-corrected chi connectivity index (χ0v) is 8.82. The molecule has 1 rings (SSSR count). The van der Waals surface area contributed by atoms with Crippen LogP contribution in [0.3, 0.4) is 0 Å². The topological polar surface area (TPSA) is 29.1 Å². The van der Waals surface area contributed by atoms with E-state index in [9.17, 15) is 4.21 Å². The van der Waals surface area contributed by atoms with Crippen molar-refractivity contribution < 1.29 is 4.21 Å². The quantitative estimate of drug-likeness (QED) is 0.699. The van der Waals surface area contributed by atoms with Gasteiger partial charge in [0.25, 0.3) is 0 Å². The van der Waals surface area contributed by atoms with Crippen molar-refractivity contribution in [2.45, 2.75) is 20.3 Å². The van der Waals surface area contributed by atoms with Crippen LogP contribution in [-0.2, 0) is 10.8 Å². The van der Waals surface area contributed by atoms with E-state index >= 15 is 0 Å². The minimum absolute atomic E-state index is 0.559. The average Bonchev–Trinajstić information content (AvgIpc) is 1.93. The fourth-order valence-electron chi connectivity index (χ4n) is 1.18. The highest BCUT2D eigenvalue weighted by Gasteiger charge is 2.18. The first-order valence-electron chi connectivity index (χ1n) is 4.74. The minimum Gasteiger partial charge on any atom is -0.316 e. The Bertz CT molecular complexity index is 155. The molecule has 0 aliphatic carbocycles. The highest BCUT2D eigenvalue weighted by molar-refractivity contribution is 7.84.